The van der Waals surface area contributed by atoms with Gasteiger partial charge in [-0.05, 0) is 86.5 Å². The number of ether oxygens (including phenoxy) is 1. The van der Waals surface area contributed by atoms with Crippen molar-refractivity contribution in [3.05, 3.63) is 30.1 Å². The standard InChI is InChI=1S/C24H37FO/c1-2-4-19-6-10-21(11-7-19)22-12-8-20(9-13-22)5-3-18-26-24-16-14-23(25)15-17-24/h14-17,19-22H,2-13,18H2,1H3/t19-,20?,21-,22?. The molecule has 1 aromatic carbocycles. The van der Waals surface area contributed by atoms with Crippen LogP contribution in [0, 0.1) is 29.5 Å². The molecule has 146 valence electrons. The first-order valence-electron chi connectivity index (χ1n) is 11.1. The molecule has 2 aliphatic rings. The summed E-state index contributed by atoms with van der Waals surface area (Å²) < 4.78 is 18.6. The molecule has 3 rings (SSSR count). The fourth-order valence-electron chi connectivity index (χ4n) is 5.40. The van der Waals surface area contributed by atoms with E-state index in [9.17, 15) is 4.39 Å². The van der Waals surface area contributed by atoms with E-state index in [2.05, 4.69) is 6.92 Å². The van der Waals surface area contributed by atoms with Crippen LogP contribution in [0.2, 0.25) is 0 Å². The Balaban J connectivity index is 1.27. The van der Waals surface area contributed by atoms with Crippen molar-refractivity contribution in [3.8, 4) is 5.75 Å². The molecule has 1 nitrogen and oxygen atoms in total. The van der Waals surface area contributed by atoms with Crippen LogP contribution in [0.4, 0.5) is 4.39 Å². The van der Waals surface area contributed by atoms with Gasteiger partial charge in [0, 0.05) is 0 Å². The van der Waals surface area contributed by atoms with E-state index in [1.165, 1.54) is 82.8 Å². The molecular weight excluding hydrogens is 323 g/mol. The Kier molecular flexibility index (Phi) is 7.83. The normalized spacial score (nSPS) is 29.5. The molecule has 1 aromatic rings. The van der Waals surface area contributed by atoms with Crippen molar-refractivity contribution in [1.82, 2.24) is 0 Å². The van der Waals surface area contributed by atoms with E-state index in [1.54, 1.807) is 12.1 Å². The molecule has 0 saturated heterocycles. The maximum Gasteiger partial charge on any atom is 0.123 e. The average molecular weight is 361 g/mol. The minimum absolute atomic E-state index is 0.201. The number of benzene rings is 1. The second-order valence-electron chi connectivity index (χ2n) is 8.79. The number of hydrogen-bond donors (Lipinski definition) is 0. The summed E-state index contributed by atoms with van der Waals surface area (Å²) in [6.07, 6.45) is 17.0. The summed E-state index contributed by atoms with van der Waals surface area (Å²) >= 11 is 0. The third-order valence-corrected chi connectivity index (χ3v) is 6.99. The number of rotatable bonds is 8. The zero-order chi connectivity index (χ0) is 18.2. The van der Waals surface area contributed by atoms with Crippen molar-refractivity contribution in [2.24, 2.45) is 23.7 Å². The van der Waals surface area contributed by atoms with Crippen LogP contribution in [0.5, 0.6) is 5.75 Å². The Morgan fingerprint density at radius 3 is 1.88 bits per heavy atom. The van der Waals surface area contributed by atoms with E-state index >= 15 is 0 Å². The van der Waals surface area contributed by atoms with Gasteiger partial charge in [0.05, 0.1) is 6.61 Å². The monoisotopic (exact) mass is 360 g/mol. The molecule has 2 saturated carbocycles. The van der Waals surface area contributed by atoms with E-state index in [0.717, 1.165) is 42.4 Å². The fourth-order valence-corrected chi connectivity index (χ4v) is 5.40. The van der Waals surface area contributed by atoms with Crippen LogP contribution in [-0.4, -0.2) is 6.61 Å². The van der Waals surface area contributed by atoms with Gasteiger partial charge in [0.25, 0.3) is 0 Å². The SMILES string of the molecule is CCC[C@H]1CC[C@H](C2CCC(CCCOc3ccc(F)cc3)CC2)CC1. The third-order valence-electron chi connectivity index (χ3n) is 6.99. The first-order valence-corrected chi connectivity index (χ1v) is 11.1. The number of hydrogen-bond acceptors (Lipinski definition) is 1. The van der Waals surface area contributed by atoms with E-state index < -0.39 is 0 Å². The van der Waals surface area contributed by atoms with Crippen LogP contribution in [-0.2, 0) is 0 Å². The molecular formula is C24H37FO. The molecule has 0 aromatic heterocycles. The Labute approximate surface area is 159 Å². The summed E-state index contributed by atoms with van der Waals surface area (Å²) in [4.78, 5) is 0. The van der Waals surface area contributed by atoms with Gasteiger partial charge < -0.3 is 4.74 Å². The summed E-state index contributed by atoms with van der Waals surface area (Å²) in [6, 6.07) is 6.37. The first-order chi connectivity index (χ1) is 12.7. The van der Waals surface area contributed by atoms with Gasteiger partial charge in [0.15, 0.2) is 0 Å². The summed E-state index contributed by atoms with van der Waals surface area (Å²) in [7, 11) is 0. The highest BCUT2D eigenvalue weighted by molar-refractivity contribution is 5.21. The van der Waals surface area contributed by atoms with Crippen molar-refractivity contribution in [1.29, 1.82) is 0 Å². The highest BCUT2D eigenvalue weighted by atomic mass is 19.1. The van der Waals surface area contributed by atoms with Crippen molar-refractivity contribution in [2.45, 2.75) is 84.0 Å². The van der Waals surface area contributed by atoms with Gasteiger partial charge in [-0.3, -0.25) is 0 Å². The lowest BCUT2D eigenvalue weighted by atomic mass is 9.68. The molecule has 2 heteroatoms. The average Bonchev–Trinajstić information content (AvgIpc) is 2.68. The molecule has 0 spiro atoms. The zero-order valence-electron chi connectivity index (χ0n) is 16.6. The van der Waals surface area contributed by atoms with Gasteiger partial charge in [0.1, 0.15) is 11.6 Å². The van der Waals surface area contributed by atoms with Gasteiger partial charge in [-0.2, -0.15) is 0 Å². The Bertz CT molecular complexity index is 495. The fraction of sp³-hybridized carbons (Fsp3) is 0.750. The number of halogens is 1. The highest BCUT2D eigenvalue weighted by Crippen LogP contribution is 2.42. The smallest absolute Gasteiger partial charge is 0.123 e. The maximum absolute atomic E-state index is 12.9. The van der Waals surface area contributed by atoms with Gasteiger partial charge in [-0.15, -0.1) is 0 Å². The molecule has 0 heterocycles. The van der Waals surface area contributed by atoms with Crippen molar-refractivity contribution >= 4 is 0 Å². The van der Waals surface area contributed by atoms with E-state index in [0.29, 0.717) is 0 Å². The van der Waals surface area contributed by atoms with Crippen LogP contribution in [0.3, 0.4) is 0 Å². The first kappa shape index (κ1) is 19.7. The lowest BCUT2D eigenvalue weighted by Crippen LogP contribution is -2.26. The molecule has 0 atom stereocenters. The van der Waals surface area contributed by atoms with Gasteiger partial charge >= 0.3 is 0 Å². The van der Waals surface area contributed by atoms with Crippen molar-refractivity contribution in [2.75, 3.05) is 6.61 Å². The minimum atomic E-state index is -0.201. The second-order valence-corrected chi connectivity index (χ2v) is 8.79. The maximum atomic E-state index is 12.9. The quantitative estimate of drug-likeness (QED) is 0.439. The van der Waals surface area contributed by atoms with Crippen molar-refractivity contribution in [3.63, 3.8) is 0 Å². The van der Waals surface area contributed by atoms with Crippen LogP contribution in [0.15, 0.2) is 24.3 Å². The Hall–Kier alpha value is -1.05. The third kappa shape index (κ3) is 5.99. The highest BCUT2D eigenvalue weighted by Gasteiger charge is 2.30. The molecule has 2 aliphatic carbocycles. The van der Waals surface area contributed by atoms with E-state index in [4.69, 9.17) is 4.74 Å². The largest absolute Gasteiger partial charge is 0.494 e. The van der Waals surface area contributed by atoms with E-state index in [1.807, 2.05) is 0 Å². The minimum Gasteiger partial charge on any atom is -0.494 e. The second kappa shape index (κ2) is 10.3. The molecule has 2 fully saturated rings. The summed E-state index contributed by atoms with van der Waals surface area (Å²) in [5, 5.41) is 0. The molecule has 0 bridgehead atoms. The predicted molar refractivity (Wildman–Crippen MR) is 107 cm³/mol. The van der Waals surface area contributed by atoms with Crippen molar-refractivity contribution < 1.29 is 9.13 Å². The molecule has 26 heavy (non-hydrogen) atoms. The Morgan fingerprint density at radius 1 is 0.808 bits per heavy atom. The van der Waals surface area contributed by atoms with Gasteiger partial charge in [-0.1, -0.05) is 45.4 Å². The van der Waals surface area contributed by atoms with Crippen LogP contribution < -0.4 is 4.74 Å². The predicted octanol–water partition coefficient (Wildman–Crippen LogP) is 7.40. The molecule has 0 amide bonds. The summed E-state index contributed by atoms with van der Waals surface area (Å²) in [6.45, 7) is 3.09. The zero-order valence-corrected chi connectivity index (χ0v) is 16.6. The molecule has 0 N–H and O–H groups in total. The van der Waals surface area contributed by atoms with Gasteiger partial charge in [-0.25, -0.2) is 4.39 Å². The Morgan fingerprint density at radius 2 is 1.35 bits per heavy atom. The lowest BCUT2D eigenvalue weighted by Gasteiger charge is -2.38. The van der Waals surface area contributed by atoms with E-state index in [-0.39, 0.29) is 5.82 Å². The summed E-state index contributed by atoms with van der Waals surface area (Å²) in [5.41, 5.74) is 0. The molecule has 0 unspecified atom stereocenters. The van der Waals surface area contributed by atoms with Crippen LogP contribution in [0.25, 0.3) is 0 Å². The molecule has 0 radical (unpaired) electrons. The van der Waals surface area contributed by atoms with Gasteiger partial charge in [0.2, 0.25) is 0 Å². The topological polar surface area (TPSA) is 9.23 Å². The molecule has 0 aliphatic heterocycles. The van der Waals surface area contributed by atoms with Crippen LogP contribution >= 0.6 is 0 Å². The van der Waals surface area contributed by atoms with Crippen LogP contribution in [0.1, 0.15) is 84.0 Å². The summed E-state index contributed by atoms with van der Waals surface area (Å²) in [5.74, 6) is 4.57. The lowest BCUT2D eigenvalue weighted by molar-refractivity contribution is 0.138.